The fraction of sp³-hybridized carbons (Fsp3) is 0.333. The molecule has 0 amide bonds. The van der Waals surface area contributed by atoms with Crippen LogP contribution in [0.2, 0.25) is 0 Å². The first-order valence-corrected chi connectivity index (χ1v) is 6.43. The number of carbonyl (C=O) groups excluding carboxylic acids is 1. The average Bonchev–Trinajstić information content (AvgIpc) is 2.36. The molecule has 0 bridgehead atoms. The molecule has 0 fully saturated rings. The fourth-order valence-corrected chi connectivity index (χ4v) is 2.08. The van der Waals surface area contributed by atoms with Crippen molar-refractivity contribution in [3.8, 4) is 0 Å². The van der Waals surface area contributed by atoms with Gasteiger partial charge in [0, 0.05) is 11.5 Å². The van der Waals surface area contributed by atoms with Crippen LogP contribution in [0.4, 0.5) is 0 Å². The van der Waals surface area contributed by atoms with Crippen molar-refractivity contribution in [2.24, 2.45) is 5.16 Å². The molecule has 0 heterocycles. The van der Waals surface area contributed by atoms with E-state index in [1.807, 2.05) is 30.3 Å². The number of benzene rings is 1. The summed E-state index contributed by atoms with van der Waals surface area (Å²) < 4.78 is 4.75. The zero-order valence-electron chi connectivity index (χ0n) is 9.63. The maximum atomic E-state index is 11.3. The molecule has 4 nitrogen and oxygen atoms in total. The summed E-state index contributed by atoms with van der Waals surface area (Å²) in [7, 11) is 0. The molecule has 1 N–H and O–H groups in total. The number of ether oxygens (including phenoxy) is 1. The Kier molecular flexibility index (Phi) is 6.17. The van der Waals surface area contributed by atoms with Gasteiger partial charge in [0.15, 0.2) is 5.71 Å². The molecular formula is C12H15NO3S. The normalized spacial score (nSPS) is 11.2. The summed E-state index contributed by atoms with van der Waals surface area (Å²) >= 11 is 1.50. The summed E-state index contributed by atoms with van der Waals surface area (Å²) in [6.07, 6.45) is 0. The van der Waals surface area contributed by atoms with Crippen LogP contribution in [0.15, 0.2) is 35.5 Å². The number of oxime groups is 1. The van der Waals surface area contributed by atoms with Gasteiger partial charge in [0.05, 0.1) is 6.61 Å². The second-order valence-corrected chi connectivity index (χ2v) is 4.23. The predicted molar refractivity (Wildman–Crippen MR) is 68.5 cm³/mol. The van der Waals surface area contributed by atoms with Crippen LogP contribution in [0.5, 0.6) is 0 Å². The highest BCUT2D eigenvalue weighted by molar-refractivity contribution is 7.99. The van der Waals surface area contributed by atoms with E-state index in [0.29, 0.717) is 5.75 Å². The number of carbonyl (C=O) groups is 1. The molecule has 17 heavy (non-hydrogen) atoms. The summed E-state index contributed by atoms with van der Waals surface area (Å²) in [6, 6.07) is 9.89. The highest BCUT2D eigenvalue weighted by Gasteiger charge is 2.13. The lowest BCUT2D eigenvalue weighted by molar-refractivity contribution is -0.135. The van der Waals surface area contributed by atoms with E-state index < -0.39 is 5.97 Å². The van der Waals surface area contributed by atoms with Gasteiger partial charge < -0.3 is 9.94 Å². The smallest absolute Gasteiger partial charge is 0.356 e. The van der Waals surface area contributed by atoms with Crippen LogP contribution >= 0.6 is 11.8 Å². The van der Waals surface area contributed by atoms with Gasteiger partial charge in [0.25, 0.3) is 0 Å². The zero-order valence-corrected chi connectivity index (χ0v) is 10.4. The zero-order chi connectivity index (χ0) is 12.5. The molecule has 92 valence electrons. The van der Waals surface area contributed by atoms with Crippen LogP contribution in [0.1, 0.15) is 12.5 Å². The van der Waals surface area contributed by atoms with Crippen molar-refractivity contribution in [1.82, 2.24) is 0 Å². The van der Waals surface area contributed by atoms with Gasteiger partial charge in [-0.3, -0.25) is 0 Å². The summed E-state index contributed by atoms with van der Waals surface area (Å²) in [5, 5.41) is 11.7. The van der Waals surface area contributed by atoms with Crippen LogP contribution in [-0.4, -0.2) is 29.2 Å². The van der Waals surface area contributed by atoms with E-state index in [9.17, 15) is 4.79 Å². The van der Waals surface area contributed by atoms with Gasteiger partial charge in [-0.15, -0.1) is 0 Å². The van der Waals surface area contributed by atoms with Gasteiger partial charge in [-0.25, -0.2) is 4.79 Å². The number of hydrogen-bond acceptors (Lipinski definition) is 5. The van der Waals surface area contributed by atoms with Crippen LogP contribution < -0.4 is 0 Å². The van der Waals surface area contributed by atoms with Gasteiger partial charge in [-0.1, -0.05) is 35.5 Å². The van der Waals surface area contributed by atoms with Gasteiger partial charge >= 0.3 is 5.97 Å². The van der Waals surface area contributed by atoms with E-state index in [-0.39, 0.29) is 12.3 Å². The molecule has 0 aromatic heterocycles. The Labute approximate surface area is 105 Å². The van der Waals surface area contributed by atoms with E-state index in [0.717, 1.165) is 5.75 Å². The third-order valence-corrected chi connectivity index (χ3v) is 3.00. The number of esters is 1. The highest BCUT2D eigenvalue weighted by atomic mass is 32.2. The van der Waals surface area contributed by atoms with Gasteiger partial charge in [-0.05, 0) is 12.5 Å². The molecule has 0 aliphatic heterocycles. The molecule has 0 saturated carbocycles. The summed E-state index contributed by atoms with van der Waals surface area (Å²) in [4.78, 5) is 11.3. The van der Waals surface area contributed by atoms with Gasteiger partial charge in [-0.2, -0.15) is 11.8 Å². The molecule has 0 atom stereocenters. The minimum atomic E-state index is -0.560. The Balaban J connectivity index is 2.37. The molecule has 5 heteroatoms. The second-order valence-electron chi connectivity index (χ2n) is 3.25. The molecule has 0 saturated heterocycles. The first-order valence-electron chi connectivity index (χ1n) is 5.27. The van der Waals surface area contributed by atoms with Crippen molar-refractivity contribution in [1.29, 1.82) is 0 Å². The third-order valence-electron chi connectivity index (χ3n) is 1.98. The van der Waals surface area contributed by atoms with Crippen molar-refractivity contribution in [3.63, 3.8) is 0 Å². The largest absolute Gasteiger partial charge is 0.461 e. The molecule has 1 aromatic rings. The summed E-state index contributed by atoms with van der Waals surface area (Å²) in [6.45, 7) is 1.99. The van der Waals surface area contributed by atoms with Gasteiger partial charge in [0.1, 0.15) is 0 Å². The molecule has 0 unspecified atom stereocenters. The standard InChI is InChI=1S/C12H15NO3S/c1-2-16-12(14)11(13-15)9-17-8-10-6-4-3-5-7-10/h3-7,15H,2,8-9H2,1H3/b13-11-. The third kappa shape index (κ3) is 4.91. The second kappa shape index (κ2) is 7.73. The Morgan fingerprint density at radius 1 is 1.41 bits per heavy atom. The van der Waals surface area contributed by atoms with Gasteiger partial charge in [0.2, 0.25) is 0 Å². The molecule has 0 radical (unpaired) electrons. The van der Waals surface area contributed by atoms with E-state index in [2.05, 4.69) is 5.16 Å². The van der Waals surface area contributed by atoms with Crippen molar-refractivity contribution < 1.29 is 14.7 Å². The molecule has 0 aliphatic rings. The SMILES string of the molecule is CCOC(=O)/C(CSCc1ccccc1)=N\O. The maximum Gasteiger partial charge on any atom is 0.356 e. The van der Waals surface area contributed by atoms with Crippen molar-refractivity contribution in [2.75, 3.05) is 12.4 Å². The topological polar surface area (TPSA) is 58.9 Å². The molecule has 1 aromatic carbocycles. The Morgan fingerprint density at radius 2 is 2.12 bits per heavy atom. The molecular weight excluding hydrogens is 238 g/mol. The number of rotatable bonds is 6. The van der Waals surface area contributed by atoms with Crippen molar-refractivity contribution >= 4 is 23.4 Å². The highest BCUT2D eigenvalue weighted by Crippen LogP contribution is 2.12. The minimum Gasteiger partial charge on any atom is -0.461 e. The number of nitrogens with zero attached hydrogens (tertiary/aromatic N) is 1. The fourth-order valence-electron chi connectivity index (χ4n) is 1.18. The van der Waals surface area contributed by atoms with E-state index >= 15 is 0 Å². The van der Waals surface area contributed by atoms with Crippen LogP contribution in [0.3, 0.4) is 0 Å². The van der Waals surface area contributed by atoms with E-state index in [1.165, 1.54) is 17.3 Å². The lowest BCUT2D eigenvalue weighted by Gasteiger charge is -2.04. The maximum absolute atomic E-state index is 11.3. The summed E-state index contributed by atoms with van der Waals surface area (Å²) in [5.41, 5.74) is 1.21. The Bertz CT molecular complexity index is 379. The first-order chi connectivity index (χ1) is 8.27. The average molecular weight is 253 g/mol. The molecule has 0 spiro atoms. The Hall–Kier alpha value is -1.49. The number of thioether (sulfide) groups is 1. The lowest BCUT2D eigenvalue weighted by Crippen LogP contribution is -2.20. The van der Waals surface area contributed by atoms with Crippen molar-refractivity contribution in [2.45, 2.75) is 12.7 Å². The van der Waals surface area contributed by atoms with Crippen LogP contribution in [0, 0.1) is 0 Å². The van der Waals surface area contributed by atoms with Crippen molar-refractivity contribution in [3.05, 3.63) is 35.9 Å². The minimum absolute atomic E-state index is 0.0489. The van der Waals surface area contributed by atoms with Crippen LogP contribution in [0.25, 0.3) is 0 Å². The summed E-state index contributed by atoms with van der Waals surface area (Å²) in [5.74, 6) is 0.541. The van der Waals surface area contributed by atoms with E-state index in [4.69, 9.17) is 9.94 Å². The molecule has 0 aliphatic carbocycles. The lowest BCUT2D eigenvalue weighted by atomic mass is 10.2. The molecule has 1 rings (SSSR count). The quantitative estimate of drug-likeness (QED) is 0.366. The monoisotopic (exact) mass is 253 g/mol. The van der Waals surface area contributed by atoms with Crippen LogP contribution in [-0.2, 0) is 15.3 Å². The number of hydrogen-bond donors (Lipinski definition) is 1. The first kappa shape index (κ1) is 13.6. The van der Waals surface area contributed by atoms with E-state index in [1.54, 1.807) is 6.92 Å². The predicted octanol–water partition coefficient (Wildman–Crippen LogP) is 2.31. The Morgan fingerprint density at radius 3 is 2.71 bits per heavy atom.